The molecule has 128 valence electrons. The minimum Gasteiger partial charge on any atom is -0.466 e. The lowest BCUT2D eigenvalue weighted by Gasteiger charge is -2.20. The van der Waals surface area contributed by atoms with Crippen molar-refractivity contribution < 1.29 is 9.53 Å². The van der Waals surface area contributed by atoms with Crippen LogP contribution in [0.15, 0.2) is 73.3 Å². The fourth-order valence-corrected chi connectivity index (χ4v) is 2.94. The van der Waals surface area contributed by atoms with Gasteiger partial charge in [-0.15, -0.1) is 0 Å². The number of hydrogen-bond donors (Lipinski definition) is 0. The van der Waals surface area contributed by atoms with Crippen LogP contribution in [0.25, 0.3) is 0 Å². The summed E-state index contributed by atoms with van der Waals surface area (Å²) < 4.78 is 7.08. The summed E-state index contributed by atoms with van der Waals surface area (Å²) in [5.41, 5.74) is 3.53. The molecule has 2 aromatic carbocycles. The van der Waals surface area contributed by atoms with Crippen LogP contribution < -0.4 is 0 Å². The predicted octanol–water partition coefficient (Wildman–Crippen LogP) is 4.02. The summed E-state index contributed by atoms with van der Waals surface area (Å²) in [4.78, 5) is 15.7. The van der Waals surface area contributed by atoms with Gasteiger partial charge in [0.05, 0.1) is 19.0 Å². The van der Waals surface area contributed by atoms with E-state index in [-0.39, 0.29) is 12.0 Å². The fourth-order valence-electron chi connectivity index (χ4n) is 2.94. The molecule has 0 aliphatic rings. The lowest BCUT2D eigenvalue weighted by molar-refractivity contribution is -0.143. The topological polar surface area (TPSA) is 44.1 Å². The monoisotopic (exact) mass is 334 g/mol. The summed E-state index contributed by atoms with van der Waals surface area (Å²) >= 11 is 0. The quantitative estimate of drug-likeness (QED) is 0.613. The summed E-state index contributed by atoms with van der Waals surface area (Å²) in [6, 6.07) is 18.9. The van der Waals surface area contributed by atoms with Gasteiger partial charge in [-0.3, -0.25) is 4.79 Å². The molecule has 1 heterocycles. The first kappa shape index (κ1) is 17.0. The van der Waals surface area contributed by atoms with E-state index in [1.807, 2.05) is 37.6 Å². The summed E-state index contributed by atoms with van der Waals surface area (Å²) in [7, 11) is 0. The zero-order valence-electron chi connectivity index (χ0n) is 14.3. The molecule has 0 amide bonds. The van der Waals surface area contributed by atoms with Crippen molar-refractivity contribution in [3.8, 4) is 0 Å². The van der Waals surface area contributed by atoms with Crippen molar-refractivity contribution in [3.05, 3.63) is 90.0 Å². The first-order chi connectivity index (χ1) is 12.3. The highest BCUT2D eigenvalue weighted by molar-refractivity contribution is 5.69. The largest absolute Gasteiger partial charge is 0.466 e. The van der Waals surface area contributed by atoms with Crippen molar-refractivity contribution in [3.63, 3.8) is 0 Å². The van der Waals surface area contributed by atoms with E-state index >= 15 is 0 Å². The van der Waals surface area contributed by atoms with E-state index in [4.69, 9.17) is 4.74 Å². The van der Waals surface area contributed by atoms with E-state index in [1.54, 1.807) is 6.20 Å². The zero-order chi connectivity index (χ0) is 17.5. The number of nitrogens with zero attached hydrogens (tertiary/aromatic N) is 2. The maximum absolute atomic E-state index is 11.5. The molecular formula is C21H22N2O2. The minimum absolute atomic E-state index is 0.0859. The molecule has 4 heteroatoms. The Bertz CT molecular complexity index is 781. The Morgan fingerprint density at radius 2 is 1.80 bits per heavy atom. The van der Waals surface area contributed by atoms with Crippen LogP contribution in [0, 0.1) is 0 Å². The number of carbonyl (C=O) groups excluding carboxylic acids is 1. The fraction of sp³-hybridized carbons (Fsp3) is 0.238. The van der Waals surface area contributed by atoms with Gasteiger partial charge >= 0.3 is 5.97 Å². The minimum atomic E-state index is -0.146. The molecule has 3 aromatic rings. The van der Waals surface area contributed by atoms with Crippen molar-refractivity contribution in [2.75, 3.05) is 6.61 Å². The van der Waals surface area contributed by atoms with Crippen LogP contribution in [-0.4, -0.2) is 22.1 Å². The highest BCUT2D eigenvalue weighted by Gasteiger charge is 2.15. The van der Waals surface area contributed by atoms with Crippen molar-refractivity contribution in [2.24, 2.45) is 0 Å². The molecule has 0 radical (unpaired) electrons. The molecule has 0 N–H and O–H groups in total. The lowest BCUT2D eigenvalue weighted by atomic mass is 9.97. The average Bonchev–Trinajstić information content (AvgIpc) is 3.17. The van der Waals surface area contributed by atoms with E-state index < -0.39 is 0 Å². The van der Waals surface area contributed by atoms with Crippen molar-refractivity contribution >= 4 is 5.97 Å². The summed E-state index contributed by atoms with van der Waals surface area (Å²) in [5.74, 6) is -0.146. The van der Waals surface area contributed by atoms with Crippen LogP contribution in [0.3, 0.4) is 0 Å². The van der Waals surface area contributed by atoms with E-state index in [0.29, 0.717) is 19.4 Å². The molecule has 0 spiro atoms. The number of esters is 1. The number of hydrogen-bond acceptors (Lipinski definition) is 3. The maximum atomic E-state index is 11.5. The van der Waals surface area contributed by atoms with Crippen LogP contribution in [0.2, 0.25) is 0 Å². The number of benzene rings is 2. The first-order valence-electron chi connectivity index (χ1n) is 8.54. The second kappa shape index (κ2) is 8.29. The average molecular weight is 334 g/mol. The third kappa shape index (κ3) is 4.35. The molecule has 1 unspecified atom stereocenters. The van der Waals surface area contributed by atoms with Gasteiger partial charge in [0.1, 0.15) is 0 Å². The number of imidazole rings is 1. The van der Waals surface area contributed by atoms with Gasteiger partial charge in [-0.1, -0.05) is 54.6 Å². The predicted molar refractivity (Wildman–Crippen MR) is 97.3 cm³/mol. The van der Waals surface area contributed by atoms with E-state index in [9.17, 15) is 4.79 Å². The van der Waals surface area contributed by atoms with Gasteiger partial charge in [0, 0.05) is 18.8 Å². The smallest absolute Gasteiger partial charge is 0.306 e. The standard InChI is InChI=1S/C21H22N2O2/c1-2-25-20(24)13-10-17-8-11-19(12-9-17)21(23-15-14-22-16-23)18-6-4-3-5-7-18/h3-9,11-12,14-16,21H,2,10,13H2,1H3. The molecule has 25 heavy (non-hydrogen) atoms. The zero-order valence-corrected chi connectivity index (χ0v) is 14.3. The molecule has 1 atom stereocenters. The van der Waals surface area contributed by atoms with Crippen LogP contribution in [0.5, 0.6) is 0 Å². The Hall–Kier alpha value is -2.88. The SMILES string of the molecule is CCOC(=O)CCc1ccc(C(c2ccccc2)n2ccnc2)cc1. The number of aryl methyl sites for hydroxylation is 1. The molecule has 0 fully saturated rings. The maximum Gasteiger partial charge on any atom is 0.306 e. The molecule has 4 nitrogen and oxygen atoms in total. The van der Waals surface area contributed by atoms with Crippen LogP contribution in [0.4, 0.5) is 0 Å². The number of rotatable bonds is 7. The molecule has 3 rings (SSSR count). The Balaban J connectivity index is 1.79. The summed E-state index contributed by atoms with van der Waals surface area (Å²) in [5, 5.41) is 0. The normalized spacial score (nSPS) is 11.9. The number of carbonyl (C=O) groups is 1. The number of aromatic nitrogens is 2. The van der Waals surface area contributed by atoms with Crippen molar-refractivity contribution in [1.29, 1.82) is 0 Å². The highest BCUT2D eigenvalue weighted by Crippen LogP contribution is 2.26. The molecule has 0 saturated carbocycles. The summed E-state index contributed by atoms with van der Waals surface area (Å²) in [6.45, 7) is 2.26. The molecule has 0 saturated heterocycles. The van der Waals surface area contributed by atoms with Crippen molar-refractivity contribution in [1.82, 2.24) is 9.55 Å². The number of ether oxygens (including phenoxy) is 1. The van der Waals surface area contributed by atoms with Gasteiger partial charge in [-0.25, -0.2) is 4.98 Å². The Morgan fingerprint density at radius 3 is 2.44 bits per heavy atom. The van der Waals surface area contributed by atoms with E-state index in [2.05, 4.69) is 45.9 Å². The Kier molecular flexibility index (Phi) is 5.62. The Morgan fingerprint density at radius 1 is 1.08 bits per heavy atom. The van der Waals surface area contributed by atoms with Gasteiger partial charge in [-0.05, 0) is 30.0 Å². The molecular weight excluding hydrogens is 312 g/mol. The van der Waals surface area contributed by atoms with Gasteiger partial charge < -0.3 is 9.30 Å². The Labute approximate surface area is 148 Å². The van der Waals surface area contributed by atoms with E-state index in [1.165, 1.54) is 11.1 Å². The van der Waals surface area contributed by atoms with Gasteiger partial charge in [0.2, 0.25) is 0 Å². The third-order valence-corrected chi connectivity index (χ3v) is 4.16. The first-order valence-corrected chi connectivity index (χ1v) is 8.54. The molecule has 0 bridgehead atoms. The molecule has 0 aliphatic carbocycles. The lowest BCUT2D eigenvalue weighted by Crippen LogP contribution is -2.10. The van der Waals surface area contributed by atoms with E-state index in [0.717, 1.165) is 5.56 Å². The summed E-state index contributed by atoms with van der Waals surface area (Å²) in [6.07, 6.45) is 6.72. The van der Waals surface area contributed by atoms with Gasteiger partial charge in [-0.2, -0.15) is 0 Å². The van der Waals surface area contributed by atoms with Gasteiger partial charge in [0.15, 0.2) is 0 Å². The second-order valence-corrected chi connectivity index (χ2v) is 5.87. The third-order valence-electron chi connectivity index (χ3n) is 4.16. The second-order valence-electron chi connectivity index (χ2n) is 5.87. The van der Waals surface area contributed by atoms with Crippen LogP contribution in [0.1, 0.15) is 36.1 Å². The van der Waals surface area contributed by atoms with Gasteiger partial charge in [0.25, 0.3) is 0 Å². The molecule has 1 aromatic heterocycles. The van der Waals surface area contributed by atoms with Crippen LogP contribution >= 0.6 is 0 Å². The highest BCUT2D eigenvalue weighted by atomic mass is 16.5. The van der Waals surface area contributed by atoms with Crippen LogP contribution in [-0.2, 0) is 16.0 Å². The van der Waals surface area contributed by atoms with Crippen molar-refractivity contribution in [2.45, 2.75) is 25.8 Å². The molecule has 0 aliphatic heterocycles.